The Morgan fingerprint density at radius 2 is 1.94 bits per heavy atom. The minimum absolute atomic E-state index is 0.216. The normalized spacial score (nSPS) is 18.1. The third kappa shape index (κ3) is 4.39. The Balaban J connectivity index is 1.67. The molecule has 2 aromatic carbocycles. The van der Waals surface area contributed by atoms with E-state index < -0.39 is 0 Å². The third-order valence-corrected chi connectivity index (χ3v) is 5.09. The van der Waals surface area contributed by atoms with E-state index in [-0.39, 0.29) is 12.5 Å². The predicted octanol–water partition coefficient (Wildman–Crippen LogP) is 1.91. The lowest BCUT2D eigenvalue weighted by Gasteiger charge is -2.28. The number of benzene rings is 2. The van der Waals surface area contributed by atoms with Gasteiger partial charge in [0.15, 0.2) is 5.82 Å². The smallest absolute Gasteiger partial charge is 0.265 e. The van der Waals surface area contributed by atoms with Crippen molar-refractivity contribution >= 4 is 35.0 Å². The lowest BCUT2D eigenvalue weighted by molar-refractivity contribution is -0.118. The molecular formula is C24H20N6O2. The number of fused-ring (bicyclic) bond motifs is 5. The molecule has 0 N–H and O–H groups in total. The van der Waals surface area contributed by atoms with Crippen molar-refractivity contribution in [2.75, 3.05) is 19.6 Å². The van der Waals surface area contributed by atoms with Crippen molar-refractivity contribution in [2.24, 2.45) is 9.98 Å². The average Bonchev–Trinajstić information content (AvgIpc) is 2.81. The molecule has 0 radical (unpaired) electrons. The Bertz CT molecular complexity index is 1380. The van der Waals surface area contributed by atoms with Gasteiger partial charge in [0.05, 0.1) is 23.7 Å². The first kappa shape index (κ1) is 19.6. The van der Waals surface area contributed by atoms with E-state index in [1.54, 1.807) is 6.08 Å². The summed E-state index contributed by atoms with van der Waals surface area (Å²) in [7, 11) is 0. The summed E-state index contributed by atoms with van der Waals surface area (Å²) in [5.74, 6) is 0.957. The summed E-state index contributed by atoms with van der Waals surface area (Å²) in [5, 5.41) is 2.55. The van der Waals surface area contributed by atoms with Gasteiger partial charge in [0.1, 0.15) is 12.1 Å². The van der Waals surface area contributed by atoms with Crippen molar-refractivity contribution in [2.45, 2.75) is 0 Å². The van der Waals surface area contributed by atoms with Crippen LogP contribution in [0.3, 0.4) is 0 Å². The van der Waals surface area contributed by atoms with Crippen LogP contribution in [-0.4, -0.2) is 51.5 Å². The Kier molecular flexibility index (Phi) is 5.40. The van der Waals surface area contributed by atoms with E-state index >= 15 is 0 Å². The minimum atomic E-state index is -0.216. The molecule has 8 heteroatoms. The van der Waals surface area contributed by atoms with E-state index in [4.69, 9.17) is 9.73 Å². The number of hydrogen-bond donors (Lipinski definition) is 0. The Morgan fingerprint density at radius 3 is 2.84 bits per heavy atom. The summed E-state index contributed by atoms with van der Waals surface area (Å²) in [4.78, 5) is 33.7. The van der Waals surface area contributed by atoms with Crippen molar-refractivity contribution in [3.05, 3.63) is 84.1 Å². The third-order valence-electron chi connectivity index (χ3n) is 5.09. The SMILES string of the molecule is O=C1CN2C=CN(/C=c3/ccccc3=Nc3ncnc4ccc(cc34)O/C=C\C=N1)CC2. The average molecular weight is 424 g/mol. The Labute approximate surface area is 184 Å². The van der Waals surface area contributed by atoms with Gasteiger partial charge in [-0.25, -0.2) is 20.0 Å². The number of carbonyl (C=O) groups excluding carboxylic acids is 1. The van der Waals surface area contributed by atoms with Gasteiger partial charge in [0, 0.05) is 48.5 Å². The first-order chi connectivity index (χ1) is 15.7. The second-order valence-corrected chi connectivity index (χ2v) is 7.30. The van der Waals surface area contributed by atoms with Crippen LogP contribution in [0.4, 0.5) is 5.82 Å². The molecule has 1 aromatic heterocycles. The lowest BCUT2D eigenvalue weighted by atomic mass is 10.2. The fourth-order valence-corrected chi connectivity index (χ4v) is 3.48. The summed E-state index contributed by atoms with van der Waals surface area (Å²) >= 11 is 0. The van der Waals surface area contributed by atoms with Crippen LogP contribution in [0.25, 0.3) is 17.1 Å². The molecule has 4 bridgehead atoms. The molecule has 0 unspecified atom stereocenters. The number of ether oxygens (including phenoxy) is 1. The summed E-state index contributed by atoms with van der Waals surface area (Å²) in [6.07, 6.45) is 11.9. The number of para-hydroxylation sites is 1. The zero-order chi connectivity index (χ0) is 21.8. The molecule has 0 fully saturated rings. The van der Waals surface area contributed by atoms with E-state index in [2.05, 4.69) is 19.9 Å². The highest BCUT2D eigenvalue weighted by molar-refractivity contribution is 5.90. The molecule has 3 aliphatic rings. The zero-order valence-corrected chi connectivity index (χ0v) is 17.2. The van der Waals surface area contributed by atoms with Crippen LogP contribution in [0.1, 0.15) is 0 Å². The molecule has 0 saturated heterocycles. The van der Waals surface area contributed by atoms with E-state index in [0.29, 0.717) is 18.1 Å². The van der Waals surface area contributed by atoms with Gasteiger partial charge in [0.25, 0.3) is 5.91 Å². The fraction of sp³-hybridized carbons (Fsp3) is 0.125. The molecule has 3 aromatic rings. The number of allylic oxidation sites excluding steroid dienone is 1. The monoisotopic (exact) mass is 424 g/mol. The van der Waals surface area contributed by atoms with Gasteiger partial charge in [-0.2, -0.15) is 0 Å². The van der Waals surface area contributed by atoms with E-state index in [0.717, 1.165) is 28.0 Å². The maximum atomic E-state index is 12.1. The van der Waals surface area contributed by atoms with Crippen LogP contribution in [0, 0.1) is 0 Å². The molecule has 3 aliphatic heterocycles. The van der Waals surface area contributed by atoms with Gasteiger partial charge >= 0.3 is 0 Å². The van der Waals surface area contributed by atoms with Crippen LogP contribution in [0.5, 0.6) is 5.75 Å². The molecule has 158 valence electrons. The molecular weight excluding hydrogens is 404 g/mol. The number of amides is 1. The number of aliphatic imine (C=N–C) groups is 1. The second-order valence-electron chi connectivity index (χ2n) is 7.30. The number of carbonyl (C=O) groups is 1. The maximum Gasteiger partial charge on any atom is 0.265 e. The highest BCUT2D eigenvalue weighted by Gasteiger charge is 2.11. The van der Waals surface area contributed by atoms with Crippen molar-refractivity contribution < 1.29 is 9.53 Å². The first-order valence-electron chi connectivity index (χ1n) is 10.2. The molecule has 32 heavy (non-hydrogen) atoms. The molecule has 0 aliphatic carbocycles. The Morgan fingerprint density at radius 1 is 1.00 bits per heavy atom. The van der Waals surface area contributed by atoms with Crippen LogP contribution < -0.4 is 15.3 Å². The van der Waals surface area contributed by atoms with Crippen LogP contribution in [0.15, 0.2) is 83.5 Å². The minimum Gasteiger partial charge on any atom is -0.465 e. The number of rotatable bonds is 0. The number of aromatic nitrogens is 2. The van der Waals surface area contributed by atoms with Crippen molar-refractivity contribution in [3.8, 4) is 5.75 Å². The van der Waals surface area contributed by atoms with Gasteiger partial charge in [-0.1, -0.05) is 18.2 Å². The zero-order valence-electron chi connectivity index (χ0n) is 17.2. The van der Waals surface area contributed by atoms with Crippen molar-refractivity contribution in [1.29, 1.82) is 0 Å². The summed E-state index contributed by atoms with van der Waals surface area (Å²) in [6.45, 7) is 1.69. The standard InChI is InChI=1S/C24H20N6O2/c31-23-16-30-11-9-29(10-12-30)15-18-4-1-2-5-21(18)28-24-20-14-19(32-13-3-8-25-23)6-7-22(20)26-17-27-24/h1-9,11,13-15,17H,10,12,16H2/b13-3-,18-15-,25-8?,28-21?. The molecule has 1 amide bonds. The van der Waals surface area contributed by atoms with E-state index in [1.165, 1.54) is 18.8 Å². The Hall–Kier alpha value is -4.33. The molecule has 6 rings (SSSR count). The summed E-state index contributed by atoms with van der Waals surface area (Å²) in [5.41, 5.74) is 0.772. The number of hydrogen-bond acceptors (Lipinski definition) is 7. The molecule has 0 atom stereocenters. The van der Waals surface area contributed by atoms with Crippen LogP contribution in [-0.2, 0) is 4.79 Å². The maximum absolute atomic E-state index is 12.1. The van der Waals surface area contributed by atoms with Crippen LogP contribution >= 0.6 is 0 Å². The summed E-state index contributed by atoms with van der Waals surface area (Å²) in [6, 6.07) is 13.4. The quantitative estimate of drug-likeness (QED) is 0.548. The topological polar surface area (TPSA) is 83.3 Å². The predicted molar refractivity (Wildman–Crippen MR) is 122 cm³/mol. The van der Waals surface area contributed by atoms with Crippen molar-refractivity contribution in [1.82, 2.24) is 19.8 Å². The fourth-order valence-electron chi connectivity index (χ4n) is 3.48. The van der Waals surface area contributed by atoms with Gasteiger partial charge in [-0.15, -0.1) is 0 Å². The highest BCUT2D eigenvalue weighted by atomic mass is 16.5. The molecule has 0 saturated carbocycles. The van der Waals surface area contributed by atoms with Crippen molar-refractivity contribution in [3.63, 3.8) is 0 Å². The van der Waals surface area contributed by atoms with E-state index in [1.807, 2.05) is 66.0 Å². The molecule has 8 nitrogen and oxygen atoms in total. The van der Waals surface area contributed by atoms with Gasteiger partial charge in [0.2, 0.25) is 0 Å². The molecule has 0 spiro atoms. The van der Waals surface area contributed by atoms with Crippen LogP contribution in [0.2, 0.25) is 0 Å². The largest absolute Gasteiger partial charge is 0.465 e. The lowest BCUT2D eigenvalue weighted by Crippen LogP contribution is -2.36. The first-order valence-corrected chi connectivity index (χ1v) is 10.2. The second kappa shape index (κ2) is 8.81. The van der Waals surface area contributed by atoms with Gasteiger partial charge < -0.3 is 14.5 Å². The molecule has 4 heterocycles. The highest BCUT2D eigenvalue weighted by Crippen LogP contribution is 2.25. The number of nitrogens with zero attached hydrogens (tertiary/aromatic N) is 6. The van der Waals surface area contributed by atoms with Gasteiger partial charge in [-0.3, -0.25) is 4.79 Å². The summed E-state index contributed by atoms with van der Waals surface area (Å²) < 4.78 is 5.67. The van der Waals surface area contributed by atoms with E-state index in [9.17, 15) is 4.79 Å². The van der Waals surface area contributed by atoms with Gasteiger partial charge in [-0.05, 0) is 30.3 Å².